The Labute approximate surface area is 130 Å². The number of phenolic OH excluding ortho intramolecular Hbond substituents is 1. The number of aromatic hydroxyl groups is 1. The second kappa shape index (κ2) is 6.10. The van der Waals surface area contributed by atoms with Crippen LogP contribution in [0.1, 0.15) is 22.3 Å². The predicted octanol–water partition coefficient (Wildman–Crippen LogP) is 5.32. The summed E-state index contributed by atoms with van der Waals surface area (Å²) in [5.41, 5.74) is 5.32. The van der Waals surface area contributed by atoms with Gasteiger partial charge >= 0.3 is 0 Å². The minimum Gasteiger partial charge on any atom is -0.506 e. The molecule has 2 aromatic carbocycles. The molecule has 0 bridgehead atoms. The van der Waals surface area contributed by atoms with Gasteiger partial charge in [0.15, 0.2) is 0 Å². The van der Waals surface area contributed by atoms with Crippen LogP contribution >= 0.6 is 31.9 Å². The van der Waals surface area contributed by atoms with Crippen LogP contribution in [0, 0.1) is 13.8 Å². The molecule has 1 N–H and O–H groups in total. The van der Waals surface area contributed by atoms with Crippen molar-refractivity contribution in [1.82, 2.24) is 0 Å². The number of halogens is 2. The summed E-state index contributed by atoms with van der Waals surface area (Å²) in [4.78, 5) is 0. The molecule has 0 fully saturated rings. The number of benzene rings is 2. The highest BCUT2D eigenvalue weighted by atomic mass is 79.9. The number of rotatable bonds is 3. The lowest BCUT2D eigenvalue weighted by Gasteiger charge is -2.10. The van der Waals surface area contributed by atoms with E-state index in [1.165, 1.54) is 22.3 Å². The van der Waals surface area contributed by atoms with Crippen LogP contribution in [0.3, 0.4) is 0 Å². The summed E-state index contributed by atoms with van der Waals surface area (Å²) < 4.78 is 1.47. The third-order valence-corrected chi connectivity index (χ3v) is 4.59. The van der Waals surface area contributed by atoms with Crippen molar-refractivity contribution >= 4 is 31.9 Å². The van der Waals surface area contributed by atoms with E-state index in [0.29, 0.717) is 0 Å². The van der Waals surface area contributed by atoms with Crippen LogP contribution in [-0.2, 0) is 12.8 Å². The molecule has 0 radical (unpaired) electrons. The first kappa shape index (κ1) is 14.6. The first-order chi connectivity index (χ1) is 8.99. The van der Waals surface area contributed by atoms with Gasteiger partial charge in [-0.15, -0.1) is 0 Å². The smallest absolute Gasteiger partial charge is 0.143 e. The van der Waals surface area contributed by atoms with Gasteiger partial charge in [-0.1, -0.05) is 18.2 Å². The van der Waals surface area contributed by atoms with Crippen LogP contribution in [0.5, 0.6) is 5.75 Å². The van der Waals surface area contributed by atoms with Gasteiger partial charge in [-0.05, 0) is 92.9 Å². The Morgan fingerprint density at radius 2 is 1.47 bits per heavy atom. The second-order valence-corrected chi connectivity index (χ2v) is 6.49. The molecule has 2 rings (SSSR count). The van der Waals surface area contributed by atoms with Crippen LogP contribution in [0.2, 0.25) is 0 Å². The van der Waals surface area contributed by atoms with E-state index in [9.17, 15) is 5.11 Å². The van der Waals surface area contributed by atoms with Crippen LogP contribution in [0.25, 0.3) is 0 Å². The molecule has 0 aliphatic carbocycles. The van der Waals surface area contributed by atoms with E-state index in [2.05, 4.69) is 63.9 Å². The number of hydrogen-bond acceptors (Lipinski definition) is 1. The molecular weight excluding hydrogens is 368 g/mol. The zero-order valence-electron chi connectivity index (χ0n) is 11.0. The van der Waals surface area contributed by atoms with Crippen molar-refractivity contribution in [2.75, 3.05) is 0 Å². The number of hydrogen-bond donors (Lipinski definition) is 1. The van der Waals surface area contributed by atoms with Gasteiger partial charge in [-0.3, -0.25) is 0 Å². The van der Waals surface area contributed by atoms with Gasteiger partial charge in [0.2, 0.25) is 0 Å². The van der Waals surface area contributed by atoms with Crippen LogP contribution in [0.4, 0.5) is 0 Å². The average molecular weight is 384 g/mol. The molecule has 3 heteroatoms. The Morgan fingerprint density at radius 3 is 2.00 bits per heavy atom. The van der Waals surface area contributed by atoms with E-state index >= 15 is 0 Å². The fourth-order valence-electron chi connectivity index (χ4n) is 2.27. The monoisotopic (exact) mass is 382 g/mol. The van der Waals surface area contributed by atoms with E-state index < -0.39 is 0 Å². The first-order valence-corrected chi connectivity index (χ1v) is 7.79. The quantitative estimate of drug-likeness (QED) is 0.760. The summed E-state index contributed by atoms with van der Waals surface area (Å²) in [6.45, 7) is 4.32. The standard InChI is InChI=1S/C16H16Br2O/c1-10-4-3-5-11(2)13(10)7-6-12-8-14(17)16(19)15(18)9-12/h3-5,8-9,19H,6-7H2,1-2H3. The zero-order chi connectivity index (χ0) is 14.0. The lowest BCUT2D eigenvalue weighted by molar-refractivity contribution is 0.468. The van der Waals surface area contributed by atoms with Gasteiger partial charge in [0.1, 0.15) is 5.75 Å². The Balaban J connectivity index is 2.19. The van der Waals surface area contributed by atoms with Gasteiger partial charge in [0.25, 0.3) is 0 Å². The third-order valence-electron chi connectivity index (χ3n) is 3.38. The lowest BCUT2D eigenvalue weighted by Crippen LogP contribution is -1.97. The van der Waals surface area contributed by atoms with E-state index in [1.807, 2.05) is 12.1 Å². The summed E-state index contributed by atoms with van der Waals surface area (Å²) in [6.07, 6.45) is 1.98. The SMILES string of the molecule is Cc1cccc(C)c1CCc1cc(Br)c(O)c(Br)c1. The molecule has 1 nitrogen and oxygen atoms in total. The van der Waals surface area contributed by atoms with E-state index in [4.69, 9.17) is 0 Å². The van der Waals surface area contributed by atoms with Crippen molar-refractivity contribution in [3.8, 4) is 5.75 Å². The molecule has 0 atom stereocenters. The van der Waals surface area contributed by atoms with Crippen molar-refractivity contribution < 1.29 is 5.11 Å². The maximum absolute atomic E-state index is 9.71. The normalized spacial score (nSPS) is 10.7. The van der Waals surface area contributed by atoms with Gasteiger partial charge < -0.3 is 5.11 Å². The summed E-state index contributed by atoms with van der Waals surface area (Å²) in [5.74, 6) is 0.260. The molecule has 0 amide bonds. The first-order valence-electron chi connectivity index (χ1n) is 6.21. The van der Waals surface area contributed by atoms with Crippen molar-refractivity contribution in [3.05, 3.63) is 61.5 Å². The third kappa shape index (κ3) is 3.40. The van der Waals surface area contributed by atoms with Crippen LogP contribution in [-0.4, -0.2) is 5.11 Å². The Hall–Kier alpha value is -0.800. The number of phenols is 1. The molecule has 0 saturated carbocycles. The number of aryl methyl sites for hydroxylation is 3. The van der Waals surface area contributed by atoms with E-state index in [1.54, 1.807) is 0 Å². The molecule has 0 unspecified atom stereocenters. The van der Waals surface area contributed by atoms with E-state index in [0.717, 1.165) is 21.8 Å². The van der Waals surface area contributed by atoms with Crippen molar-refractivity contribution in [2.45, 2.75) is 26.7 Å². The Morgan fingerprint density at radius 1 is 0.947 bits per heavy atom. The molecule has 19 heavy (non-hydrogen) atoms. The summed E-state index contributed by atoms with van der Waals surface area (Å²) >= 11 is 6.74. The van der Waals surface area contributed by atoms with Crippen LogP contribution in [0.15, 0.2) is 39.3 Å². The molecular formula is C16H16Br2O. The van der Waals surface area contributed by atoms with Gasteiger partial charge in [-0.2, -0.15) is 0 Å². The van der Waals surface area contributed by atoms with Crippen molar-refractivity contribution in [1.29, 1.82) is 0 Å². The highest BCUT2D eigenvalue weighted by Crippen LogP contribution is 2.33. The van der Waals surface area contributed by atoms with Gasteiger partial charge in [-0.25, -0.2) is 0 Å². The molecule has 0 heterocycles. The molecule has 0 saturated heterocycles. The molecule has 0 aliphatic heterocycles. The summed E-state index contributed by atoms with van der Waals surface area (Å²) in [7, 11) is 0. The molecule has 0 spiro atoms. The molecule has 2 aromatic rings. The minimum absolute atomic E-state index is 0.260. The van der Waals surface area contributed by atoms with Crippen LogP contribution < -0.4 is 0 Å². The lowest BCUT2D eigenvalue weighted by atomic mass is 9.96. The predicted molar refractivity (Wildman–Crippen MR) is 86.8 cm³/mol. The second-order valence-electron chi connectivity index (χ2n) is 4.78. The largest absolute Gasteiger partial charge is 0.506 e. The fourth-order valence-corrected chi connectivity index (χ4v) is 3.56. The topological polar surface area (TPSA) is 20.2 Å². The highest BCUT2D eigenvalue weighted by molar-refractivity contribution is 9.11. The average Bonchev–Trinajstić information content (AvgIpc) is 2.35. The van der Waals surface area contributed by atoms with Gasteiger partial charge in [0, 0.05) is 0 Å². The van der Waals surface area contributed by atoms with Crippen molar-refractivity contribution in [2.24, 2.45) is 0 Å². The maximum Gasteiger partial charge on any atom is 0.143 e. The maximum atomic E-state index is 9.71. The molecule has 100 valence electrons. The highest BCUT2D eigenvalue weighted by Gasteiger charge is 2.07. The van der Waals surface area contributed by atoms with E-state index in [-0.39, 0.29) is 5.75 Å². The fraction of sp³-hybridized carbons (Fsp3) is 0.250. The minimum atomic E-state index is 0.260. The Kier molecular flexibility index (Phi) is 4.69. The Bertz CT molecular complexity index is 562. The molecule has 0 aliphatic rings. The zero-order valence-corrected chi connectivity index (χ0v) is 14.2. The molecule has 0 aromatic heterocycles. The summed E-state index contributed by atoms with van der Waals surface area (Å²) in [5, 5.41) is 9.71. The van der Waals surface area contributed by atoms with Crippen molar-refractivity contribution in [3.63, 3.8) is 0 Å². The van der Waals surface area contributed by atoms with Gasteiger partial charge in [0.05, 0.1) is 8.95 Å². The summed E-state index contributed by atoms with van der Waals surface area (Å²) in [6, 6.07) is 10.4.